The molecule has 0 atom stereocenters. The number of fused-ring (bicyclic) bond motifs is 1. The molecule has 0 saturated carbocycles. The van der Waals surface area contributed by atoms with E-state index in [9.17, 15) is 9.59 Å². The molecule has 144 valence electrons. The Morgan fingerprint density at radius 2 is 1.93 bits per heavy atom. The van der Waals surface area contributed by atoms with Crippen molar-refractivity contribution >= 4 is 40.7 Å². The molecular weight excluding hydrogens is 392 g/mol. The van der Waals surface area contributed by atoms with Gasteiger partial charge in [-0.05, 0) is 17.0 Å². The summed E-state index contributed by atoms with van der Waals surface area (Å²) < 4.78 is 1.62. The number of thioether (sulfide) groups is 1. The van der Waals surface area contributed by atoms with Gasteiger partial charge in [-0.2, -0.15) is 16.9 Å². The molecule has 2 aromatic heterocycles. The maximum atomic E-state index is 12.5. The summed E-state index contributed by atoms with van der Waals surface area (Å²) in [6.45, 7) is 0.551. The van der Waals surface area contributed by atoms with Gasteiger partial charge in [-0.3, -0.25) is 9.59 Å². The van der Waals surface area contributed by atoms with E-state index in [0.717, 1.165) is 33.2 Å². The number of anilines is 1. The van der Waals surface area contributed by atoms with Crippen molar-refractivity contribution in [2.45, 2.75) is 31.0 Å². The van der Waals surface area contributed by atoms with E-state index in [1.54, 1.807) is 27.8 Å². The zero-order valence-electron chi connectivity index (χ0n) is 15.2. The van der Waals surface area contributed by atoms with Crippen LogP contribution >= 0.6 is 23.1 Å². The molecule has 0 fully saturated rings. The Labute approximate surface area is 171 Å². The molecule has 1 aromatic carbocycles. The average molecular weight is 413 g/mol. The topological polar surface area (TPSA) is 76.0 Å². The molecule has 0 unspecified atom stereocenters. The van der Waals surface area contributed by atoms with Gasteiger partial charge in [0.1, 0.15) is 12.4 Å². The quantitative estimate of drug-likeness (QED) is 0.625. The molecule has 2 amide bonds. The van der Waals surface area contributed by atoms with Crippen molar-refractivity contribution in [2.75, 3.05) is 5.32 Å². The Morgan fingerprint density at radius 3 is 2.71 bits per heavy atom. The van der Waals surface area contributed by atoms with E-state index in [-0.39, 0.29) is 18.4 Å². The summed E-state index contributed by atoms with van der Waals surface area (Å²) in [5, 5.41) is 12.4. The molecule has 4 rings (SSSR count). The summed E-state index contributed by atoms with van der Waals surface area (Å²) in [6, 6.07) is 13.6. The second kappa shape index (κ2) is 8.62. The van der Waals surface area contributed by atoms with Gasteiger partial charge >= 0.3 is 0 Å². The zero-order chi connectivity index (χ0) is 19.3. The van der Waals surface area contributed by atoms with Gasteiger partial charge in [0.25, 0.3) is 0 Å². The highest BCUT2D eigenvalue weighted by atomic mass is 32.2. The molecule has 1 aliphatic heterocycles. The third kappa shape index (κ3) is 4.45. The molecule has 0 aliphatic carbocycles. The van der Waals surface area contributed by atoms with Gasteiger partial charge in [0.05, 0.1) is 12.1 Å². The molecule has 8 heteroatoms. The minimum Gasteiger partial charge on any atom is -0.350 e. The fraction of sp³-hybridized carbons (Fsp3) is 0.250. The smallest absolute Gasteiger partial charge is 0.242 e. The number of hydrogen-bond acceptors (Lipinski definition) is 5. The Hall–Kier alpha value is -2.58. The predicted molar refractivity (Wildman–Crippen MR) is 112 cm³/mol. The predicted octanol–water partition coefficient (Wildman–Crippen LogP) is 3.19. The van der Waals surface area contributed by atoms with Crippen molar-refractivity contribution in [3.63, 3.8) is 0 Å². The number of carbonyl (C=O) groups excluding carboxylic acids is 2. The molecule has 0 bridgehead atoms. The van der Waals surface area contributed by atoms with Crippen molar-refractivity contribution < 1.29 is 9.59 Å². The number of carbonyl (C=O) groups is 2. The molecular formula is C20H20N4O2S2. The summed E-state index contributed by atoms with van der Waals surface area (Å²) in [6.07, 6.45) is 0.324. The molecule has 0 spiro atoms. The lowest BCUT2D eigenvalue weighted by Gasteiger charge is -2.11. The van der Waals surface area contributed by atoms with Crippen LogP contribution in [-0.2, 0) is 40.6 Å². The van der Waals surface area contributed by atoms with Gasteiger partial charge < -0.3 is 10.6 Å². The molecule has 3 heterocycles. The number of nitrogens with one attached hydrogen (secondary N) is 2. The first-order valence-electron chi connectivity index (χ1n) is 8.98. The lowest BCUT2D eigenvalue weighted by molar-refractivity contribution is -0.122. The van der Waals surface area contributed by atoms with Crippen LogP contribution in [-0.4, -0.2) is 21.6 Å². The summed E-state index contributed by atoms with van der Waals surface area (Å²) in [7, 11) is 0. The van der Waals surface area contributed by atoms with E-state index in [0.29, 0.717) is 18.8 Å². The van der Waals surface area contributed by atoms with E-state index in [4.69, 9.17) is 0 Å². The minimum absolute atomic E-state index is 0.0825. The maximum absolute atomic E-state index is 12.5. The van der Waals surface area contributed by atoms with Crippen molar-refractivity contribution in [1.82, 2.24) is 15.1 Å². The van der Waals surface area contributed by atoms with Crippen LogP contribution in [0.3, 0.4) is 0 Å². The minimum atomic E-state index is -0.133. The summed E-state index contributed by atoms with van der Waals surface area (Å²) in [5.74, 6) is 2.04. The van der Waals surface area contributed by atoms with Crippen molar-refractivity contribution in [3.05, 3.63) is 69.5 Å². The highest BCUT2D eigenvalue weighted by Crippen LogP contribution is 2.34. The standard InChI is InChI=1S/C20H20N4O2S2/c25-18(9-15-7-4-8-28-15)22-20-16-12-27-13-17(16)23-24(20)11-19(26)21-10-14-5-2-1-3-6-14/h1-8H,9-13H2,(H,21,26)(H,22,25). The lowest BCUT2D eigenvalue weighted by atomic mass is 10.2. The third-order valence-electron chi connectivity index (χ3n) is 4.42. The molecule has 2 N–H and O–H groups in total. The molecule has 1 aliphatic rings. The fourth-order valence-electron chi connectivity index (χ4n) is 3.06. The first-order chi connectivity index (χ1) is 13.7. The normalized spacial score (nSPS) is 12.6. The van der Waals surface area contributed by atoms with Crippen LogP contribution in [0.1, 0.15) is 21.7 Å². The van der Waals surface area contributed by atoms with Gasteiger partial charge in [0.15, 0.2) is 0 Å². The van der Waals surface area contributed by atoms with E-state index in [1.807, 2.05) is 47.8 Å². The Balaban J connectivity index is 1.43. The molecule has 6 nitrogen and oxygen atoms in total. The number of benzene rings is 1. The van der Waals surface area contributed by atoms with Crippen molar-refractivity contribution in [1.29, 1.82) is 0 Å². The lowest BCUT2D eigenvalue weighted by Crippen LogP contribution is -2.29. The number of aromatic nitrogens is 2. The van der Waals surface area contributed by atoms with E-state index in [2.05, 4.69) is 15.7 Å². The number of hydrogen-bond donors (Lipinski definition) is 2. The highest BCUT2D eigenvalue weighted by molar-refractivity contribution is 7.98. The second-order valence-corrected chi connectivity index (χ2v) is 8.51. The monoisotopic (exact) mass is 412 g/mol. The Bertz CT molecular complexity index is 968. The average Bonchev–Trinajstić information content (AvgIpc) is 3.41. The number of rotatable bonds is 7. The number of thiophene rings is 1. The highest BCUT2D eigenvalue weighted by Gasteiger charge is 2.25. The van der Waals surface area contributed by atoms with E-state index in [1.165, 1.54) is 0 Å². The van der Waals surface area contributed by atoms with Gasteiger partial charge in [-0.25, -0.2) is 4.68 Å². The fourth-order valence-corrected chi connectivity index (χ4v) is 4.79. The molecule has 28 heavy (non-hydrogen) atoms. The van der Waals surface area contributed by atoms with E-state index >= 15 is 0 Å². The molecule has 3 aromatic rings. The van der Waals surface area contributed by atoms with Gasteiger partial charge in [-0.15, -0.1) is 11.3 Å². The maximum Gasteiger partial charge on any atom is 0.242 e. The second-order valence-electron chi connectivity index (χ2n) is 6.49. The van der Waals surface area contributed by atoms with Crippen LogP contribution in [0.5, 0.6) is 0 Å². The van der Waals surface area contributed by atoms with Crippen LogP contribution in [0.15, 0.2) is 47.8 Å². The Morgan fingerprint density at radius 1 is 1.07 bits per heavy atom. The summed E-state index contributed by atoms with van der Waals surface area (Å²) >= 11 is 3.32. The van der Waals surface area contributed by atoms with E-state index < -0.39 is 0 Å². The van der Waals surface area contributed by atoms with Crippen LogP contribution in [0, 0.1) is 0 Å². The van der Waals surface area contributed by atoms with Gasteiger partial charge in [0.2, 0.25) is 11.8 Å². The molecule has 0 saturated heterocycles. The zero-order valence-corrected chi connectivity index (χ0v) is 16.8. The summed E-state index contributed by atoms with van der Waals surface area (Å²) in [5.41, 5.74) is 3.02. The van der Waals surface area contributed by atoms with Gasteiger partial charge in [0, 0.05) is 28.5 Å². The first kappa shape index (κ1) is 18.8. The van der Waals surface area contributed by atoms with Crippen molar-refractivity contribution in [2.24, 2.45) is 0 Å². The van der Waals surface area contributed by atoms with Crippen LogP contribution in [0.2, 0.25) is 0 Å². The number of amides is 2. The van der Waals surface area contributed by atoms with Crippen LogP contribution in [0.25, 0.3) is 0 Å². The van der Waals surface area contributed by atoms with Crippen LogP contribution < -0.4 is 10.6 Å². The summed E-state index contributed by atoms with van der Waals surface area (Å²) in [4.78, 5) is 25.9. The largest absolute Gasteiger partial charge is 0.350 e. The first-order valence-corrected chi connectivity index (χ1v) is 11.0. The molecule has 0 radical (unpaired) electrons. The number of nitrogens with zero attached hydrogens (tertiary/aromatic N) is 2. The third-order valence-corrected chi connectivity index (χ3v) is 6.26. The van der Waals surface area contributed by atoms with Crippen molar-refractivity contribution in [3.8, 4) is 0 Å². The van der Waals surface area contributed by atoms with Gasteiger partial charge in [-0.1, -0.05) is 36.4 Å². The Kier molecular flexibility index (Phi) is 5.78. The van der Waals surface area contributed by atoms with Crippen LogP contribution in [0.4, 0.5) is 5.82 Å². The SMILES string of the molecule is O=C(Cn1nc2c(c1NC(=O)Cc1cccs1)CSC2)NCc1ccccc1.